The Morgan fingerprint density at radius 1 is 1.60 bits per heavy atom. The van der Waals surface area contributed by atoms with Crippen molar-refractivity contribution in [2.45, 2.75) is 38.9 Å². The Bertz CT molecular complexity index is 307. The van der Waals surface area contributed by atoms with Crippen molar-refractivity contribution < 1.29 is 0 Å². The largest absolute Gasteiger partial charge is 0.295 e. The molecular weight excluding hydrogens is 210 g/mol. The predicted octanol–water partition coefficient (Wildman–Crippen LogP) is 2.11. The zero-order valence-electron chi connectivity index (χ0n) is 9.19. The molecule has 0 unspecified atom stereocenters. The maximum Gasteiger partial charge on any atom is 0.0534 e. The number of aryl methyl sites for hydroxylation is 1. The van der Waals surface area contributed by atoms with Crippen LogP contribution in [0, 0.1) is 0 Å². The lowest BCUT2D eigenvalue weighted by Crippen LogP contribution is -2.27. The second kappa shape index (κ2) is 4.99. The molecule has 4 heteroatoms. The van der Waals surface area contributed by atoms with E-state index in [2.05, 4.69) is 23.1 Å². The predicted molar refractivity (Wildman–Crippen MR) is 62.1 cm³/mol. The van der Waals surface area contributed by atoms with Crippen molar-refractivity contribution in [3.05, 3.63) is 18.0 Å². The van der Waals surface area contributed by atoms with Crippen LogP contribution < -0.4 is 0 Å². The molecule has 1 aliphatic rings. The number of hydrogen-bond donors (Lipinski definition) is 0. The van der Waals surface area contributed by atoms with Gasteiger partial charge in [-0.3, -0.25) is 9.58 Å². The van der Waals surface area contributed by atoms with Crippen molar-refractivity contribution in [3.63, 3.8) is 0 Å². The van der Waals surface area contributed by atoms with Crippen LogP contribution in [0.4, 0.5) is 0 Å². The van der Waals surface area contributed by atoms with Gasteiger partial charge in [0, 0.05) is 43.3 Å². The van der Waals surface area contributed by atoms with Crippen molar-refractivity contribution in [1.82, 2.24) is 14.7 Å². The lowest BCUT2D eigenvalue weighted by atomic mass is 10.3. The first-order valence-corrected chi connectivity index (χ1v) is 6.18. The van der Waals surface area contributed by atoms with Gasteiger partial charge in [0.2, 0.25) is 0 Å². The number of nitrogens with zero attached hydrogens (tertiary/aromatic N) is 3. The molecule has 1 aromatic heterocycles. The van der Waals surface area contributed by atoms with E-state index >= 15 is 0 Å². The maximum absolute atomic E-state index is 5.80. The molecule has 2 rings (SSSR count). The fourth-order valence-corrected chi connectivity index (χ4v) is 2.05. The van der Waals surface area contributed by atoms with Gasteiger partial charge < -0.3 is 0 Å². The second-order valence-electron chi connectivity index (χ2n) is 4.09. The van der Waals surface area contributed by atoms with Crippen molar-refractivity contribution >= 4 is 11.6 Å². The fraction of sp³-hybridized carbons (Fsp3) is 0.727. The zero-order chi connectivity index (χ0) is 10.7. The van der Waals surface area contributed by atoms with Crippen LogP contribution in [0.3, 0.4) is 0 Å². The van der Waals surface area contributed by atoms with E-state index < -0.39 is 0 Å². The van der Waals surface area contributed by atoms with Crippen LogP contribution in [0.25, 0.3) is 0 Å². The Kier molecular flexibility index (Phi) is 3.65. The highest BCUT2D eigenvalue weighted by Crippen LogP contribution is 2.27. The van der Waals surface area contributed by atoms with Gasteiger partial charge in [-0.05, 0) is 19.8 Å². The number of rotatable bonds is 6. The molecule has 0 atom stereocenters. The lowest BCUT2D eigenvalue weighted by Gasteiger charge is -2.19. The quantitative estimate of drug-likeness (QED) is 0.695. The van der Waals surface area contributed by atoms with E-state index in [4.69, 9.17) is 11.6 Å². The molecule has 0 aromatic carbocycles. The molecule has 3 nitrogen and oxygen atoms in total. The summed E-state index contributed by atoms with van der Waals surface area (Å²) in [7, 11) is 0. The van der Waals surface area contributed by atoms with Gasteiger partial charge in [0.15, 0.2) is 0 Å². The fourth-order valence-electron chi connectivity index (χ4n) is 1.83. The first-order valence-electron chi connectivity index (χ1n) is 5.65. The molecule has 1 saturated carbocycles. The summed E-state index contributed by atoms with van der Waals surface area (Å²) < 4.78 is 1.97. The maximum atomic E-state index is 5.80. The van der Waals surface area contributed by atoms with Crippen LogP contribution in [0.1, 0.15) is 25.3 Å². The molecule has 1 heterocycles. The minimum atomic E-state index is 0.721. The molecule has 15 heavy (non-hydrogen) atoms. The zero-order valence-corrected chi connectivity index (χ0v) is 9.95. The Labute approximate surface area is 96.0 Å². The van der Waals surface area contributed by atoms with Crippen molar-refractivity contribution in [2.24, 2.45) is 0 Å². The average molecular weight is 228 g/mol. The van der Waals surface area contributed by atoms with E-state index in [1.165, 1.54) is 18.4 Å². The minimum Gasteiger partial charge on any atom is -0.295 e. The molecule has 1 fully saturated rings. The van der Waals surface area contributed by atoms with Crippen LogP contribution in [0.15, 0.2) is 12.4 Å². The summed E-state index contributed by atoms with van der Waals surface area (Å²) in [6.45, 7) is 5.04. The minimum absolute atomic E-state index is 0.721. The summed E-state index contributed by atoms with van der Waals surface area (Å²) in [6, 6.07) is 0.772. The summed E-state index contributed by atoms with van der Waals surface area (Å²) in [5, 5.41) is 4.28. The van der Waals surface area contributed by atoms with E-state index in [1.807, 2.05) is 10.9 Å². The number of halogens is 1. The molecule has 0 N–H and O–H groups in total. The number of alkyl halides is 1. The highest BCUT2D eigenvalue weighted by atomic mass is 35.5. The molecule has 0 spiro atoms. The molecule has 0 aliphatic heterocycles. The highest BCUT2D eigenvalue weighted by Gasteiger charge is 2.28. The van der Waals surface area contributed by atoms with E-state index in [0.29, 0.717) is 0 Å². The molecule has 0 bridgehead atoms. The normalized spacial score (nSPS) is 16.2. The third-order valence-electron chi connectivity index (χ3n) is 2.83. The number of aromatic nitrogens is 2. The summed E-state index contributed by atoms with van der Waals surface area (Å²) >= 11 is 5.80. The molecular formula is C11H18ClN3. The van der Waals surface area contributed by atoms with Gasteiger partial charge in [0.1, 0.15) is 0 Å². The van der Waals surface area contributed by atoms with Crippen LogP contribution in [0.2, 0.25) is 0 Å². The highest BCUT2D eigenvalue weighted by molar-refractivity contribution is 6.18. The van der Waals surface area contributed by atoms with Crippen molar-refractivity contribution in [1.29, 1.82) is 0 Å². The molecule has 84 valence electrons. The van der Waals surface area contributed by atoms with Crippen LogP contribution >= 0.6 is 11.6 Å². The summed E-state index contributed by atoms with van der Waals surface area (Å²) in [6.07, 6.45) is 6.76. The molecule has 1 aliphatic carbocycles. The third-order valence-corrected chi connectivity index (χ3v) is 3.00. The Hall–Kier alpha value is -0.540. The van der Waals surface area contributed by atoms with Gasteiger partial charge in [-0.2, -0.15) is 5.10 Å². The van der Waals surface area contributed by atoms with Crippen LogP contribution in [-0.4, -0.2) is 33.1 Å². The Morgan fingerprint density at radius 2 is 2.40 bits per heavy atom. The smallest absolute Gasteiger partial charge is 0.0534 e. The monoisotopic (exact) mass is 227 g/mol. The second-order valence-corrected chi connectivity index (χ2v) is 4.47. The molecule has 1 aromatic rings. The van der Waals surface area contributed by atoms with E-state index in [0.717, 1.165) is 31.6 Å². The Balaban J connectivity index is 1.92. The first kappa shape index (κ1) is 11.0. The van der Waals surface area contributed by atoms with Crippen molar-refractivity contribution in [3.8, 4) is 0 Å². The van der Waals surface area contributed by atoms with Crippen molar-refractivity contribution in [2.75, 3.05) is 12.4 Å². The SMILES string of the molecule is CCn1cc(CN(CCCl)C2CC2)cn1. The van der Waals surface area contributed by atoms with Gasteiger partial charge in [0.25, 0.3) is 0 Å². The average Bonchev–Trinajstić information content (AvgIpc) is 2.99. The lowest BCUT2D eigenvalue weighted by molar-refractivity contribution is 0.271. The van der Waals surface area contributed by atoms with E-state index in [1.54, 1.807) is 0 Å². The summed E-state index contributed by atoms with van der Waals surface area (Å²) in [5.41, 5.74) is 1.30. The van der Waals surface area contributed by atoms with Gasteiger partial charge in [-0.1, -0.05) is 0 Å². The molecule has 0 radical (unpaired) electrons. The standard InChI is InChI=1S/C11H18ClN3/c1-2-15-9-10(7-13-15)8-14(6-5-12)11-3-4-11/h7,9,11H,2-6,8H2,1H3. The van der Waals surface area contributed by atoms with Crippen LogP contribution in [-0.2, 0) is 13.1 Å². The van der Waals surface area contributed by atoms with Gasteiger partial charge in [-0.15, -0.1) is 11.6 Å². The molecule has 0 amide bonds. The first-order chi connectivity index (χ1) is 7.33. The summed E-state index contributed by atoms with van der Waals surface area (Å²) in [5.74, 6) is 0.721. The molecule has 0 saturated heterocycles. The summed E-state index contributed by atoms with van der Waals surface area (Å²) in [4.78, 5) is 2.46. The van der Waals surface area contributed by atoms with Gasteiger partial charge in [-0.25, -0.2) is 0 Å². The Morgan fingerprint density at radius 3 is 2.93 bits per heavy atom. The van der Waals surface area contributed by atoms with Gasteiger partial charge >= 0.3 is 0 Å². The topological polar surface area (TPSA) is 21.1 Å². The van der Waals surface area contributed by atoms with Crippen LogP contribution in [0.5, 0.6) is 0 Å². The van der Waals surface area contributed by atoms with Gasteiger partial charge in [0.05, 0.1) is 6.20 Å². The number of hydrogen-bond acceptors (Lipinski definition) is 2. The van der Waals surface area contributed by atoms with E-state index in [-0.39, 0.29) is 0 Å². The van der Waals surface area contributed by atoms with E-state index in [9.17, 15) is 0 Å². The third kappa shape index (κ3) is 2.95.